The standard InChI is InChI=1S/C20H22N2O3/c1-14-10-18(15(2)22(14)8-9-25-3)20(24)12-21-11-16(13-23)17-6-4-5-7-19(17)21/h4-7,10-11,13H,8-9,12H2,1-3H3. The molecule has 25 heavy (non-hydrogen) atoms. The van der Waals surface area contributed by atoms with Gasteiger partial charge in [-0.05, 0) is 26.0 Å². The van der Waals surface area contributed by atoms with Crippen molar-refractivity contribution in [1.29, 1.82) is 0 Å². The Morgan fingerprint density at radius 3 is 2.72 bits per heavy atom. The summed E-state index contributed by atoms with van der Waals surface area (Å²) in [6, 6.07) is 9.56. The van der Waals surface area contributed by atoms with Crippen LogP contribution in [0.2, 0.25) is 0 Å². The first-order valence-corrected chi connectivity index (χ1v) is 8.28. The summed E-state index contributed by atoms with van der Waals surface area (Å²) < 4.78 is 9.09. The van der Waals surface area contributed by atoms with E-state index < -0.39 is 0 Å². The minimum atomic E-state index is 0.0370. The van der Waals surface area contributed by atoms with Gasteiger partial charge >= 0.3 is 0 Å². The molecule has 2 heterocycles. The predicted octanol–water partition coefficient (Wildman–Crippen LogP) is 3.40. The van der Waals surface area contributed by atoms with Gasteiger partial charge in [0.15, 0.2) is 12.1 Å². The molecule has 0 atom stereocenters. The van der Waals surface area contributed by atoms with Crippen molar-refractivity contribution in [2.24, 2.45) is 0 Å². The number of ether oxygens (including phenoxy) is 1. The fraction of sp³-hybridized carbons (Fsp3) is 0.300. The van der Waals surface area contributed by atoms with E-state index in [0.717, 1.165) is 40.7 Å². The van der Waals surface area contributed by atoms with Crippen LogP contribution in [0.3, 0.4) is 0 Å². The smallest absolute Gasteiger partial charge is 0.184 e. The summed E-state index contributed by atoms with van der Waals surface area (Å²) in [5, 5.41) is 0.871. The number of hydrogen-bond donors (Lipinski definition) is 0. The van der Waals surface area contributed by atoms with E-state index >= 15 is 0 Å². The predicted molar refractivity (Wildman–Crippen MR) is 97.4 cm³/mol. The molecule has 0 aliphatic carbocycles. The molecule has 0 saturated carbocycles. The Bertz CT molecular complexity index is 934. The number of rotatable bonds is 7. The number of aromatic nitrogens is 2. The van der Waals surface area contributed by atoms with E-state index in [1.54, 1.807) is 13.3 Å². The average molecular weight is 338 g/mol. The van der Waals surface area contributed by atoms with Crippen molar-refractivity contribution in [2.75, 3.05) is 13.7 Å². The van der Waals surface area contributed by atoms with Gasteiger partial charge in [-0.1, -0.05) is 18.2 Å². The van der Waals surface area contributed by atoms with Crippen molar-refractivity contribution >= 4 is 23.0 Å². The second kappa shape index (κ2) is 7.07. The molecule has 0 amide bonds. The Hall–Kier alpha value is -2.66. The van der Waals surface area contributed by atoms with Crippen molar-refractivity contribution < 1.29 is 14.3 Å². The van der Waals surface area contributed by atoms with Crippen LogP contribution in [0.15, 0.2) is 36.5 Å². The number of aryl methyl sites for hydroxylation is 1. The number of nitrogens with zero attached hydrogens (tertiary/aromatic N) is 2. The van der Waals surface area contributed by atoms with Gasteiger partial charge in [0.05, 0.1) is 13.2 Å². The van der Waals surface area contributed by atoms with Gasteiger partial charge in [0.1, 0.15) is 0 Å². The highest BCUT2D eigenvalue weighted by Gasteiger charge is 2.17. The number of fused-ring (bicyclic) bond motifs is 1. The number of ketones is 1. The van der Waals surface area contributed by atoms with Crippen LogP contribution >= 0.6 is 0 Å². The number of hydrogen-bond acceptors (Lipinski definition) is 3. The highest BCUT2D eigenvalue weighted by molar-refractivity contribution is 6.01. The molecule has 0 saturated heterocycles. The molecule has 5 heteroatoms. The van der Waals surface area contributed by atoms with Crippen LogP contribution in [0, 0.1) is 13.8 Å². The van der Waals surface area contributed by atoms with E-state index in [9.17, 15) is 9.59 Å². The first-order valence-electron chi connectivity index (χ1n) is 8.28. The lowest BCUT2D eigenvalue weighted by atomic mass is 10.1. The van der Waals surface area contributed by atoms with Crippen LogP contribution in [0.25, 0.3) is 10.9 Å². The molecule has 0 radical (unpaired) electrons. The summed E-state index contributed by atoms with van der Waals surface area (Å²) in [4.78, 5) is 24.1. The number of carbonyl (C=O) groups is 2. The third-order valence-electron chi connectivity index (χ3n) is 4.65. The fourth-order valence-electron chi connectivity index (χ4n) is 3.35. The molecule has 0 spiro atoms. The molecule has 0 N–H and O–H groups in total. The molecular formula is C20H22N2O3. The van der Waals surface area contributed by atoms with Crippen LogP contribution in [0.1, 0.15) is 32.1 Å². The minimum absolute atomic E-state index is 0.0370. The minimum Gasteiger partial charge on any atom is -0.383 e. The number of aldehydes is 1. The summed E-state index contributed by atoms with van der Waals surface area (Å²) in [5.41, 5.74) is 4.22. The van der Waals surface area contributed by atoms with Crippen molar-refractivity contribution in [3.8, 4) is 0 Å². The third kappa shape index (κ3) is 3.15. The molecular weight excluding hydrogens is 316 g/mol. The highest BCUT2D eigenvalue weighted by atomic mass is 16.5. The quantitative estimate of drug-likeness (QED) is 0.490. The first-order chi connectivity index (χ1) is 12.1. The topological polar surface area (TPSA) is 53.2 Å². The van der Waals surface area contributed by atoms with E-state index in [0.29, 0.717) is 12.2 Å². The van der Waals surface area contributed by atoms with Gasteiger partial charge in [-0.3, -0.25) is 9.59 Å². The maximum Gasteiger partial charge on any atom is 0.184 e. The first kappa shape index (κ1) is 17.2. The van der Waals surface area contributed by atoms with Gasteiger partial charge in [-0.15, -0.1) is 0 Å². The molecule has 3 rings (SSSR count). The zero-order valence-corrected chi connectivity index (χ0v) is 14.8. The van der Waals surface area contributed by atoms with Gasteiger partial charge < -0.3 is 13.9 Å². The summed E-state index contributed by atoms with van der Waals surface area (Å²) in [6.45, 7) is 5.50. The Morgan fingerprint density at radius 1 is 1.24 bits per heavy atom. The van der Waals surface area contributed by atoms with Gasteiger partial charge in [0.25, 0.3) is 0 Å². The van der Waals surface area contributed by atoms with Gasteiger partial charge in [0, 0.05) is 53.3 Å². The summed E-state index contributed by atoms with van der Waals surface area (Å²) >= 11 is 0. The molecule has 1 aromatic carbocycles. The van der Waals surface area contributed by atoms with E-state index in [1.165, 1.54) is 0 Å². The summed E-state index contributed by atoms with van der Waals surface area (Å²) in [5.74, 6) is 0.0370. The zero-order valence-electron chi connectivity index (χ0n) is 14.8. The SMILES string of the molecule is COCCn1c(C)cc(C(=O)Cn2cc(C=O)c3ccccc32)c1C. The summed E-state index contributed by atoms with van der Waals surface area (Å²) in [6.07, 6.45) is 2.58. The van der Waals surface area contributed by atoms with Gasteiger partial charge in [0.2, 0.25) is 0 Å². The monoisotopic (exact) mass is 338 g/mol. The number of methoxy groups -OCH3 is 1. The Balaban J connectivity index is 1.92. The van der Waals surface area contributed by atoms with Crippen molar-refractivity contribution in [2.45, 2.75) is 26.9 Å². The van der Waals surface area contributed by atoms with Crippen LogP contribution in [0.5, 0.6) is 0 Å². The number of Topliss-reactive ketones (excluding diaryl/α,β-unsaturated/α-hetero) is 1. The number of carbonyl (C=O) groups excluding carboxylic acids is 2. The molecule has 0 fully saturated rings. The maximum absolute atomic E-state index is 12.9. The van der Waals surface area contributed by atoms with Crippen molar-refractivity contribution in [3.05, 3.63) is 59.0 Å². The molecule has 0 unspecified atom stereocenters. The molecule has 0 aliphatic heterocycles. The molecule has 0 bridgehead atoms. The molecule has 5 nitrogen and oxygen atoms in total. The van der Waals surface area contributed by atoms with Gasteiger partial charge in [-0.25, -0.2) is 0 Å². The average Bonchev–Trinajstić information content (AvgIpc) is 3.11. The zero-order chi connectivity index (χ0) is 18.0. The molecule has 2 aromatic heterocycles. The number of para-hydroxylation sites is 1. The van der Waals surface area contributed by atoms with Crippen LogP contribution in [-0.2, 0) is 17.8 Å². The van der Waals surface area contributed by atoms with Crippen LogP contribution in [0.4, 0.5) is 0 Å². The van der Waals surface area contributed by atoms with Crippen molar-refractivity contribution in [1.82, 2.24) is 9.13 Å². The largest absolute Gasteiger partial charge is 0.383 e. The van der Waals surface area contributed by atoms with E-state index in [-0.39, 0.29) is 12.3 Å². The molecule has 130 valence electrons. The second-order valence-electron chi connectivity index (χ2n) is 6.20. The van der Waals surface area contributed by atoms with Gasteiger partial charge in [-0.2, -0.15) is 0 Å². The van der Waals surface area contributed by atoms with Crippen LogP contribution < -0.4 is 0 Å². The molecule has 0 aliphatic rings. The number of benzene rings is 1. The lowest BCUT2D eigenvalue weighted by Crippen LogP contribution is -2.12. The second-order valence-corrected chi connectivity index (χ2v) is 6.20. The Labute approximate surface area is 146 Å². The third-order valence-corrected chi connectivity index (χ3v) is 4.65. The lowest BCUT2D eigenvalue weighted by molar-refractivity contribution is 0.0971. The van der Waals surface area contributed by atoms with E-state index in [1.807, 2.05) is 48.7 Å². The summed E-state index contributed by atoms with van der Waals surface area (Å²) in [7, 11) is 1.67. The lowest BCUT2D eigenvalue weighted by Gasteiger charge is -2.09. The normalized spacial score (nSPS) is 11.2. The molecule has 3 aromatic rings. The fourth-order valence-corrected chi connectivity index (χ4v) is 3.35. The highest BCUT2D eigenvalue weighted by Crippen LogP contribution is 2.22. The van der Waals surface area contributed by atoms with Crippen LogP contribution in [-0.4, -0.2) is 34.9 Å². The van der Waals surface area contributed by atoms with E-state index in [4.69, 9.17) is 4.74 Å². The maximum atomic E-state index is 12.9. The Morgan fingerprint density at radius 2 is 2.00 bits per heavy atom. The Kier molecular flexibility index (Phi) is 4.86. The van der Waals surface area contributed by atoms with Crippen molar-refractivity contribution in [3.63, 3.8) is 0 Å². The van der Waals surface area contributed by atoms with E-state index in [2.05, 4.69) is 4.57 Å².